The van der Waals surface area contributed by atoms with E-state index < -0.39 is 17.8 Å². The van der Waals surface area contributed by atoms with Crippen molar-refractivity contribution in [1.29, 1.82) is 0 Å². The maximum Gasteiger partial charge on any atom is 0.416 e. The maximum absolute atomic E-state index is 12.6. The van der Waals surface area contributed by atoms with E-state index in [1.54, 1.807) is 0 Å². The summed E-state index contributed by atoms with van der Waals surface area (Å²) in [5.41, 5.74) is 1.95. The third-order valence-electron chi connectivity index (χ3n) is 5.03. The first-order valence-electron chi connectivity index (χ1n) is 10.0. The monoisotopic (exact) mass is 423 g/mol. The number of hydrogen-bond donors (Lipinski definition) is 2. The minimum absolute atomic E-state index is 0.0880. The molecule has 0 fully saturated rings. The van der Waals surface area contributed by atoms with Gasteiger partial charge in [0.25, 0.3) is 0 Å². The Morgan fingerprint density at radius 1 is 0.839 bits per heavy atom. The standard InChI is InChI=1S/C26H24F3NO/c1-19(24(31)14-8-9-20-15-17-23(18-16-20)26(27,28)29)30-25(21-10-4-2-5-11-21)22-12-6-3-7-13-22/h2-7,10-13,15-19,24-25,30-31H,14H2,1H3/t19-,24-/m0/s1. The Kier molecular flexibility index (Phi) is 7.51. The van der Waals surface area contributed by atoms with E-state index in [0.717, 1.165) is 23.3 Å². The molecule has 0 saturated heterocycles. The van der Waals surface area contributed by atoms with Crippen LogP contribution in [-0.4, -0.2) is 17.3 Å². The van der Waals surface area contributed by atoms with Gasteiger partial charge in [0.2, 0.25) is 0 Å². The van der Waals surface area contributed by atoms with Gasteiger partial charge in [-0.15, -0.1) is 0 Å². The molecule has 0 saturated carbocycles. The van der Waals surface area contributed by atoms with Gasteiger partial charge in [-0.05, 0) is 42.3 Å². The normalized spacial score (nSPS) is 13.4. The molecule has 2 N–H and O–H groups in total. The second-order valence-electron chi connectivity index (χ2n) is 7.36. The SMILES string of the molecule is C[C@H](NC(c1ccccc1)c1ccccc1)[C@@H](O)CC#Cc1ccc(C(F)(F)F)cc1. The van der Waals surface area contributed by atoms with E-state index in [2.05, 4.69) is 17.2 Å². The Morgan fingerprint density at radius 3 is 1.84 bits per heavy atom. The molecule has 3 aromatic rings. The minimum atomic E-state index is -4.36. The van der Waals surface area contributed by atoms with Crippen LogP contribution >= 0.6 is 0 Å². The summed E-state index contributed by atoms with van der Waals surface area (Å²) in [5, 5.41) is 14.1. The predicted octanol–water partition coefficient (Wildman–Crippen LogP) is 5.58. The zero-order valence-corrected chi connectivity index (χ0v) is 17.1. The van der Waals surface area contributed by atoms with Crippen LogP contribution in [0.4, 0.5) is 13.2 Å². The lowest BCUT2D eigenvalue weighted by Crippen LogP contribution is -2.39. The lowest BCUT2D eigenvalue weighted by Gasteiger charge is -2.26. The van der Waals surface area contributed by atoms with Crippen LogP contribution in [0.5, 0.6) is 0 Å². The first-order valence-corrected chi connectivity index (χ1v) is 10.0. The van der Waals surface area contributed by atoms with Crippen LogP contribution in [-0.2, 0) is 6.18 Å². The van der Waals surface area contributed by atoms with Crippen LogP contribution in [0.25, 0.3) is 0 Å². The number of benzene rings is 3. The van der Waals surface area contributed by atoms with E-state index >= 15 is 0 Å². The summed E-state index contributed by atoms with van der Waals surface area (Å²) in [7, 11) is 0. The van der Waals surface area contributed by atoms with Gasteiger partial charge in [0.1, 0.15) is 0 Å². The van der Waals surface area contributed by atoms with Gasteiger partial charge < -0.3 is 10.4 Å². The third-order valence-corrected chi connectivity index (χ3v) is 5.03. The van der Waals surface area contributed by atoms with Crippen LogP contribution in [0.1, 0.15) is 41.6 Å². The zero-order valence-electron chi connectivity index (χ0n) is 17.1. The summed E-state index contributed by atoms with van der Waals surface area (Å²) in [6.07, 6.45) is -4.90. The second-order valence-corrected chi connectivity index (χ2v) is 7.36. The molecule has 0 aliphatic rings. The van der Waals surface area contributed by atoms with E-state index in [0.29, 0.717) is 5.56 Å². The van der Waals surface area contributed by atoms with Crippen molar-refractivity contribution in [1.82, 2.24) is 5.32 Å². The highest BCUT2D eigenvalue weighted by molar-refractivity contribution is 5.37. The van der Waals surface area contributed by atoms with Crippen molar-refractivity contribution in [3.8, 4) is 11.8 Å². The van der Waals surface area contributed by atoms with Crippen molar-refractivity contribution in [2.45, 2.75) is 37.7 Å². The number of halogens is 3. The highest BCUT2D eigenvalue weighted by atomic mass is 19.4. The van der Waals surface area contributed by atoms with Crippen LogP contribution < -0.4 is 5.32 Å². The van der Waals surface area contributed by atoms with Crippen LogP contribution in [0.2, 0.25) is 0 Å². The highest BCUT2D eigenvalue weighted by Crippen LogP contribution is 2.29. The van der Waals surface area contributed by atoms with Crippen molar-refractivity contribution in [3.63, 3.8) is 0 Å². The molecule has 0 aromatic heterocycles. The summed E-state index contributed by atoms with van der Waals surface area (Å²) in [6.45, 7) is 1.89. The number of nitrogens with one attached hydrogen (secondary N) is 1. The Morgan fingerprint density at radius 2 is 1.35 bits per heavy atom. The first kappa shape index (κ1) is 22.6. The molecule has 3 aromatic carbocycles. The number of aliphatic hydroxyl groups is 1. The highest BCUT2D eigenvalue weighted by Gasteiger charge is 2.29. The topological polar surface area (TPSA) is 32.3 Å². The van der Waals surface area contributed by atoms with Gasteiger partial charge in [-0.2, -0.15) is 13.2 Å². The molecule has 2 nitrogen and oxygen atoms in total. The molecule has 0 aliphatic carbocycles. The molecule has 5 heteroatoms. The van der Waals surface area contributed by atoms with Crippen molar-refractivity contribution in [2.75, 3.05) is 0 Å². The van der Waals surface area contributed by atoms with Gasteiger partial charge in [-0.3, -0.25) is 0 Å². The van der Waals surface area contributed by atoms with Crippen molar-refractivity contribution < 1.29 is 18.3 Å². The molecular weight excluding hydrogens is 399 g/mol. The molecule has 3 rings (SSSR count). The van der Waals surface area contributed by atoms with E-state index in [1.807, 2.05) is 67.6 Å². The average Bonchev–Trinajstić information content (AvgIpc) is 2.78. The van der Waals surface area contributed by atoms with E-state index in [-0.39, 0.29) is 18.5 Å². The van der Waals surface area contributed by atoms with Crippen molar-refractivity contribution in [2.24, 2.45) is 0 Å². The Labute approximate surface area is 180 Å². The maximum atomic E-state index is 12.6. The number of hydrogen-bond acceptors (Lipinski definition) is 2. The fraction of sp³-hybridized carbons (Fsp3) is 0.231. The average molecular weight is 423 g/mol. The molecule has 2 atom stereocenters. The molecular formula is C26H24F3NO. The quantitative estimate of drug-likeness (QED) is 0.508. The van der Waals surface area contributed by atoms with Gasteiger partial charge in [0.15, 0.2) is 0 Å². The van der Waals surface area contributed by atoms with E-state index in [1.165, 1.54) is 12.1 Å². The smallest absolute Gasteiger partial charge is 0.391 e. The molecule has 0 aliphatic heterocycles. The van der Waals surface area contributed by atoms with Gasteiger partial charge in [0, 0.05) is 18.0 Å². The lowest BCUT2D eigenvalue weighted by molar-refractivity contribution is -0.137. The summed E-state index contributed by atoms with van der Waals surface area (Å²) >= 11 is 0. The summed E-state index contributed by atoms with van der Waals surface area (Å²) in [4.78, 5) is 0. The van der Waals surface area contributed by atoms with Crippen molar-refractivity contribution >= 4 is 0 Å². The summed E-state index contributed by atoms with van der Waals surface area (Å²) in [5.74, 6) is 5.69. The Bertz CT molecular complexity index is 966. The molecule has 31 heavy (non-hydrogen) atoms. The van der Waals surface area contributed by atoms with Crippen molar-refractivity contribution in [3.05, 3.63) is 107 Å². The second kappa shape index (κ2) is 10.3. The molecule has 0 heterocycles. The van der Waals surface area contributed by atoms with Crippen LogP contribution in [0.15, 0.2) is 84.9 Å². The first-order chi connectivity index (χ1) is 14.8. The fourth-order valence-electron chi connectivity index (χ4n) is 3.23. The number of aliphatic hydroxyl groups excluding tert-OH is 1. The zero-order chi connectivity index (χ0) is 22.3. The van der Waals surface area contributed by atoms with Crippen LogP contribution in [0.3, 0.4) is 0 Å². The fourth-order valence-corrected chi connectivity index (χ4v) is 3.23. The number of rotatable bonds is 6. The summed E-state index contributed by atoms with van der Waals surface area (Å²) < 4.78 is 37.9. The largest absolute Gasteiger partial charge is 0.416 e. The lowest BCUT2D eigenvalue weighted by atomic mass is 9.97. The molecule has 0 spiro atoms. The van der Waals surface area contributed by atoms with E-state index in [9.17, 15) is 18.3 Å². The molecule has 160 valence electrons. The van der Waals surface area contributed by atoms with Gasteiger partial charge >= 0.3 is 6.18 Å². The summed E-state index contributed by atoms with van der Waals surface area (Å²) in [6, 6.07) is 24.3. The van der Waals surface area contributed by atoms with E-state index in [4.69, 9.17) is 0 Å². The van der Waals surface area contributed by atoms with Gasteiger partial charge in [-0.25, -0.2) is 0 Å². The molecule has 0 bridgehead atoms. The Balaban J connectivity index is 1.65. The minimum Gasteiger partial charge on any atom is -0.391 e. The molecule has 0 unspecified atom stereocenters. The number of alkyl halides is 3. The van der Waals surface area contributed by atoms with Crippen LogP contribution in [0, 0.1) is 11.8 Å². The molecule has 0 amide bonds. The third kappa shape index (κ3) is 6.45. The Hall–Kier alpha value is -3.07. The van der Waals surface area contributed by atoms with Gasteiger partial charge in [0.05, 0.1) is 17.7 Å². The van der Waals surface area contributed by atoms with Gasteiger partial charge in [-0.1, -0.05) is 72.5 Å². The molecule has 0 radical (unpaired) electrons. The predicted molar refractivity (Wildman–Crippen MR) is 116 cm³/mol.